The molecule has 33 heavy (non-hydrogen) atoms. The number of allylic oxidation sites excluding steroid dienone is 6. The van der Waals surface area contributed by atoms with Crippen LogP contribution in [0.2, 0.25) is 0 Å². The summed E-state index contributed by atoms with van der Waals surface area (Å²) in [6, 6.07) is 15.6. The van der Waals surface area contributed by atoms with E-state index in [1.54, 1.807) is 6.20 Å². The predicted octanol–water partition coefficient (Wildman–Crippen LogP) is 7.49. The fourth-order valence-electron chi connectivity index (χ4n) is 5.29. The van der Waals surface area contributed by atoms with Crippen LogP contribution < -0.4 is 10.6 Å². The summed E-state index contributed by atoms with van der Waals surface area (Å²) in [5.74, 6) is -0.526. The second-order valence-electron chi connectivity index (χ2n) is 9.12. The van der Waals surface area contributed by atoms with Crippen LogP contribution in [0.25, 0.3) is 11.1 Å². The van der Waals surface area contributed by atoms with Crippen LogP contribution in [0.3, 0.4) is 0 Å². The van der Waals surface area contributed by atoms with Gasteiger partial charge in [-0.1, -0.05) is 48.9 Å². The van der Waals surface area contributed by atoms with Crippen molar-refractivity contribution in [1.82, 2.24) is 5.32 Å². The van der Waals surface area contributed by atoms with E-state index in [9.17, 15) is 8.78 Å². The van der Waals surface area contributed by atoms with Crippen LogP contribution in [0.1, 0.15) is 49.1 Å². The average Bonchev–Trinajstić information content (AvgIpc) is 2.84. The minimum absolute atomic E-state index is 0.0915. The highest BCUT2D eigenvalue weighted by atomic mass is 19.1. The zero-order chi connectivity index (χ0) is 22.8. The molecule has 2 aliphatic carbocycles. The van der Waals surface area contributed by atoms with Crippen molar-refractivity contribution in [3.8, 4) is 11.1 Å². The molecule has 2 nitrogen and oxygen atoms in total. The van der Waals surface area contributed by atoms with Gasteiger partial charge in [0.05, 0.1) is 11.6 Å². The molecule has 0 saturated heterocycles. The number of hydrogen-bond donors (Lipinski definition) is 2. The van der Waals surface area contributed by atoms with Crippen LogP contribution in [-0.4, -0.2) is 13.1 Å². The molecule has 2 atom stereocenters. The van der Waals surface area contributed by atoms with Gasteiger partial charge in [-0.25, -0.2) is 8.78 Å². The third-order valence-corrected chi connectivity index (χ3v) is 7.06. The van der Waals surface area contributed by atoms with Gasteiger partial charge in [-0.15, -0.1) is 0 Å². The molecular formula is C29H30F2N2. The third kappa shape index (κ3) is 4.39. The van der Waals surface area contributed by atoms with E-state index in [4.69, 9.17) is 0 Å². The molecule has 2 aromatic rings. The Morgan fingerprint density at radius 3 is 2.73 bits per heavy atom. The van der Waals surface area contributed by atoms with Gasteiger partial charge in [0.15, 0.2) is 0 Å². The minimum Gasteiger partial charge on any atom is -0.388 e. The van der Waals surface area contributed by atoms with Crippen molar-refractivity contribution >= 4 is 5.69 Å². The van der Waals surface area contributed by atoms with Crippen molar-refractivity contribution in [3.63, 3.8) is 0 Å². The van der Waals surface area contributed by atoms with E-state index in [1.165, 1.54) is 28.3 Å². The lowest BCUT2D eigenvalue weighted by Gasteiger charge is -2.30. The van der Waals surface area contributed by atoms with Crippen molar-refractivity contribution < 1.29 is 8.78 Å². The molecule has 5 rings (SSSR count). The first-order valence-electron chi connectivity index (χ1n) is 11.9. The fourth-order valence-corrected chi connectivity index (χ4v) is 5.29. The first-order chi connectivity index (χ1) is 16.1. The quantitative estimate of drug-likeness (QED) is 0.512. The smallest absolute Gasteiger partial charge is 0.129 e. The van der Waals surface area contributed by atoms with E-state index in [-0.39, 0.29) is 23.9 Å². The lowest BCUT2D eigenvalue weighted by Crippen LogP contribution is -2.32. The average molecular weight is 445 g/mol. The number of rotatable bonds is 3. The lowest BCUT2D eigenvalue weighted by molar-refractivity contribution is 0.488. The van der Waals surface area contributed by atoms with Gasteiger partial charge in [0.1, 0.15) is 11.7 Å². The molecule has 2 N–H and O–H groups in total. The number of benzene rings is 2. The van der Waals surface area contributed by atoms with Crippen LogP contribution in [0, 0.1) is 0 Å². The van der Waals surface area contributed by atoms with Gasteiger partial charge in [-0.2, -0.15) is 0 Å². The van der Waals surface area contributed by atoms with Gasteiger partial charge in [-0.3, -0.25) is 0 Å². The second-order valence-corrected chi connectivity index (χ2v) is 9.12. The van der Waals surface area contributed by atoms with Gasteiger partial charge in [0.25, 0.3) is 0 Å². The molecule has 0 fully saturated rings. The zero-order valence-electron chi connectivity index (χ0n) is 19.0. The maximum Gasteiger partial charge on any atom is 0.129 e. The Hall–Kier alpha value is -3.14. The number of hydrogen-bond acceptors (Lipinski definition) is 2. The third-order valence-electron chi connectivity index (χ3n) is 7.06. The molecule has 2 unspecified atom stereocenters. The molecule has 4 heteroatoms. The Labute approximate surface area is 194 Å². The van der Waals surface area contributed by atoms with Crippen LogP contribution in [0.5, 0.6) is 0 Å². The molecule has 0 radical (unpaired) electrons. The van der Waals surface area contributed by atoms with Gasteiger partial charge in [0.2, 0.25) is 0 Å². The van der Waals surface area contributed by atoms with Crippen molar-refractivity contribution in [1.29, 1.82) is 0 Å². The Morgan fingerprint density at radius 1 is 1.03 bits per heavy atom. The number of dihydropyridines is 1. The summed E-state index contributed by atoms with van der Waals surface area (Å²) in [5.41, 5.74) is 7.07. The SMILES string of the molecule is CNc1ccc2c(c1)CCCCC(C1C=CC(C3=C(F)CCC=C3F)=CN1)c1cccc-2c1. The van der Waals surface area contributed by atoms with Crippen molar-refractivity contribution in [2.75, 3.05) is 12.4 Å². The van der Waals surface area contributed by atoms with E-state index in [2.05, 4.69) is 59.2 Å². The molecule has 0 saturated carbocycles. The van der Waals surface area contributed by atoms with Crippen molar-refractivity contribution in [3.05, 3.63) is 101 Å². The van der Waals surface area contributed by atoms with Crippen LogP contribution >= 0.6 is 0 Å². The predicted molar refractivity (Wildman–Crippen MR) is 132 cm³/mol. The summed E-state index contributed by atoms with van der Waals surface area (Å²) in [7, 11) is 1.96. The maximum atomic E-state index is 14.3. The highest BCUT2D eigenvalue weighted by molar-refractivity contribution is 5.71. The fraction of sp³-hybridized carbons (Fsp3) is 0.310. The highest BCUT2D eigenvalue weighted by Crippen LogP contribution is 2.37. The van der Waals surface area contributed by atoms with Gasteiger partial charge >= 0.3 is 0 Å². The van der Waals surface area contributed by atoms with E-state index in [0.29, 0.717) is 17.9 Å². The molecule has 3 aliphatic rings. The van der Waals surface area contributed by atoms with E-state index in [1.807, 2.05) is 13.1 Å². The zero-order valence-corrected chi connectivity index (χ0v) is 19.0. The summed E-state index contributed by atoms with van der Waals surface area (Å²) < 4.78 is 28.6. The Kier molecular flexibility index (Phi) is 6.17. The summed E-state index contributed by atoms with van der Waals surface area (Å²) in [5, 5.41) is 6.71. The first-order valence-corrected chi connectivity index (χ1v) is 11.9. The van der Waals surface area contributed by atoms with E-state index < -0.39 is 5.83 Å². The Balaban J connectivity index is 1.43. The topological polar surface area (TPSA) is 24.1 Å². The minimum atomic E-state index is -0.457. The first kappa shape index (κ1) is 21.7. The molecule has 2 bridgehead atoms. The van der Waals surface area contributed by atoms with Crippen LogP contribution in [0.15, 0.2) is 89.7 Å². The number of halogens is 2. The van der Waals surface area contributed by atoms with E-state index in [0.717, 1.165) is 31.4 Å². The summed E-state index contributed by atoms with van der Waals surface area (Å²) in [6.45, 7) is 0. The molecule has 0 spiro atoms. The summed E-state index contributed by atoms with van der Waals surface area (Å²) in [6.07, 6.45) is 12.3. The molecule has 1 aliphatic heterocycles. The van der Waals surface area contributed by atoms with E-state index >= 15 is 0 Å². The molecule has 0 aromatic heterocycles. The van der Waals surface area contributed by atoms with Crippen LogP contribution in [0.4, 0.5) is 14.5 Å². The number of nitrogens with one attached hydrogen (secondary N) is 2. The maximum absolute atomic E-state index is 14.3. The van der Waals surface area contributed by atoms with Gasteiger partial charge in [-0.05, 0) is 66.1 Å². The number of anilines is 1. The van der Waals surface area contributed by atoms with Gasteiger partial charge < -0.3 is 10.6 Å². The van der Waals surface area contributed by atoms with Crippen molar-refractivity contribution in [2.24, 2.45) is 0 Å². The Morgan fingerprint density at radius 2 is 1.94 bits per heavy atom. The standard InChI is InChI=1S/C29H30F2N2/c1-32-23-13-14-24-19-7-4-8-20(16-19)25(9-3-2-6-21(24)17-23)28-15-12-22(18-33-28)29-26(30)10-5-11-27(29)31/h4,7-8,10,12-18,25,28,32-33H,2-3,5-6,9,11H2,1H3. The monoisotopic (exact) mass is 444 g/mol. The van der Waals surface area contributed by atoms with Crippen LogP contribution in [-0.2, 0) is 6.42 Å². The highest BCUT2D eigenvalue weighted by Gasteiger charge is 2.26. The lowest BCUT2D eigenvalue weighted by atomic mass is 9.82. The summed E-state index contributed by atoms with van der Waals surface area (Å²) >= 11 is 0. The Bertz CT molecular complexity index is 1170. The molecule has 1 heterocycles. The number of aryl methyl sites for hydroxylation is 1. The summed E-state index contributed by atoms with van der Waals surface area (Å²) in [4.78, 5) is 0. The van der Waals surface area contributed by atoms with Gasteiger partial charge in [0, 0.05) is 36.8 Å². The largest absolute Gasteiger partial charge is 0.388 e. The molecular weight excluding hydrogens is 414 g/mol. The van der Waals surface area contributed by atoms with Crippen molar-refractivity contribution in [2.45, 2.75) is 50.5 Å². The molecule has 0 amide bonds. The second kappa shape index (κ2) is 9.38. The normalized spacial score (nSPS) is 22.6. The number of fused-ring (bicyclic) bond motifs is 4. The molecule has 170 valence electrons. The molecule has 2 aromatic carbocycles.